The molecule has 3 rings (SSSR count). The molecular formula is C19H15FN2O4S. The minimum atomic E-state index is -0.593. The van der Waals surface area contributed by atoms with Crippen LogP contribution in [0.3, 0.4) is 0 Å². The number of benzene rings is 2. The third-order valence-electron chi connectivity index (χ3n) is 3.77. The SMILES string of the molecule is COc1ccc(C=C2C(=O)NC(=S)NC2=O)c(OCc2ccc(F)cc2)c1. The second-order valence-electron chi connectivity index (χ2n) is 5.61. The van der Waals surface area contributed by atoms with Gasteiger partial charge in [-0.3, -0.25) is 20.2 Å². The number of halogens is 1. The maximum atomic E-state index is 13.0. The number of ether oxygens (including phenoxy) is 2. The number of methoxy groups -OCH3 is 1. The molecule has 1 heterocycles. The van der Waals surface area contributed by atoms with Gasteiger partial charge in [0.2, 0.25) is 0 Å². The summed E-state index contributed by atoms with van der Waals surface area (Å²) in [6.07, 6.45) is 1.41. The van der Waals surface area contributed by atoms with Gasteiger partial charge < -0.3 is 9.47 Å². The summed E-state index contributed by atoms with van der Waals surface area (Å²) in [5.41, 5.74) is 1.17. The number of hydrogen-bond acceptors (Lipinski definition) is 5. The molecule has 0 atom stereocenters. The number of carbonyl (C=O) groups is 2. The summed E-state index contributed by atoms with van der Waals surface area (Å²) in [5, 5.41) is 4.72. The fraction of sp³-hybridized carbons (Fsp3) is 0.105. The van der Waals surface area contributed by atoms with Gasteiger partial charge in [0.1, 0.15) is 29.5 Å². The fourth-order valence-electron chi connectivity index (χ4n) is 2.39. The molecule has 0 radical (unpaired) electrons. The van der Waals surface area contributed by atoms with Crippen LogP contribution in [0.4, 0.5) is 4.39 Å². The highest BCUT2D eigenvalue weighted by Crippen LogP contribution is 2.28. The van der Waals surface area contributed by atoms with Gasteiger partial charge in [-0.25, -0.2) is 4.39 Å². The smallest absolute Gasteiger partial charge is 0.263 e. The van der Waals surface area contributed by atoms with E-state index in [4.69, 9.17) is 21.7 Å². The number of nitrogens with one attached hydrogen (secondary N) is 2. The van der Waals surface area contributed by atoms with Crippen LogP contribution in [-0.2, 0) is 16.2 Å². The maximum Gasteiger partial charge on any atom is 0.263 e. The highest BCUT2D eigenvalue weighted by Gasteiger charge is 2.26. The molecule has 8 heteroatoms. The van der Waals surface area contributed by atoms with Crippen LogP contribution in [0.25, 0.3) is 6.08 Å². The Morgan fingerprint density at radius 2 is 1.74 bits per heavy atom. The van der Waals surface area contributed by atoms with Crippen molar-refractivity contribution in [2.75, 3.05) is 7.11 Å². The quantitative estimate of drug-likeness (QED) is 0.469. The van der Waals surface area contributed by atoms with Crippen LogP contribution in [0, 0.1) is 5.82 Å². The Kier molecular flexibility index (Phi) is 5.46. The Labute approximate surface area is 160 Å². The van der Waals surface area contributed by atoms with Gasteiger partial charge in [-0.2, -0.15) is 0 Å². The lowest BCUT2D eigenvalue weighted by atomic mass is 10.1. The topological polar surface area (TPSA) is 76.7 Å². The molecule has 0 aliphatic carbocycles. The number of hydrogen-bond donors (Lipinski definition) is 2. The second kappa shape index (κ2) is 7.96. The molecule has 0 aromatic heterocycles. The van der Waals surface area contributed by atoms with E-state index in [0.717, 1.165) is 5.56 Å². The number of amides is 2. The number of rotatable bonds is 5. The largest absolute Gasteiger partial charge is 0.497 e. The van der Waals surface area contributed by atoms with Crippen LogP contribution < -0.4 is 20.1 Å². The highest BCUT2D eigenvalue weighted by molar-refractivity contribution is 7.80. The molecule has 6 nitrogen and oxygen atoms in total. The molecule has 1 fully saturated rings. The first-order valence-corrected chi connectivity index (χ1v) is 8.31. The van der Waals surface area contributed by atoms with E-state index in [2.05, 4.69) is 10.6 Å². The molecule has 0 unspecified atom stereocenters. The van der Waals surface area contributed by atoms with Gasteiger partial charge in [-0.15, -0.1) is 0 Å². The van der Waals surface area contributed by atoms with Crippen LogP contribution in [0.1, 0.15) is 11.1 Å². The zero-order chi connectivity index (χ0) is 19.4. The molecule has 1 aliphatic rings. The summed E-state index contributed by atoms with van der Waals surface area (Å²) in [6, 6.07) is 10.9. The predicted octanol–water partition coefficient (Wildman–Crippen LogP) is 2.33. The van der Waals surface area contributed by atoms with Gasteiger partial charge >= 0.3 is 0 Å². The van der Waals surface area contributed by atoms with Crippen molar-refractivity contribution in [3.05, 3.63) is 65.0 Å². The fourth-order valence-corrected chi connectivity index (χ4v) is 2.57. The molecule has 138 valence electrons. The van der Waals surface area contributed by atoms with Gasteiger partial charge in [0, 0.05) is 11.6 Å². The van der Waals surface area contributed by atoms with Crippen molar-refractivity contribution in [2.24, 2.45) is 0 Å². The Hall–Kier alpha value is -3.26. The summed E-state index contributed by atoms with van der Waals surface area (Å²) in [6.45, 7) is 0.173. The normalized spacial score (nSPS) is 13.7. The van der Waals surface area contributed by atoms with E-state index in [9.17, 15) is 14.0 Å². The van der Waals surface area contributed by atoms with Gasteiger partial charge in [0.15, 0.2) is 5.11 Å². The molecule has 2 aromatic carbocycles. The van der Waals surface area contributed by atoms with Gasteiger partial charge in [-0.1, -0.05) is 12.1 Å². The predicted molar refractivity (Wildman–Crippen MR) is 101 cm³/mol. The average Bonchev–Trinajstić information content (AvgIpc) is 2.64. The van der Waals surface area contributed by atoms with Gasteiger partial charge in [-0.05, 0) is 48.1 Å². The Morgan fingerprint density at radius 1 is 1.07 bits per heavy atom. The molecule has 0 spiro atoms. The Bertz CT molecular complexity index is 919. The number of carbonyl (C=O) groups excluding carboxylic acids is 2. The molecule has 2 aromatic rings. The van der Waals surface area contributed by atoms with Crippen LogP contribution in [0.2, 0.25) is 0 Å². The third-order valence-corrected chi connectivity index (χ3v) is 3.98. The first kappa shape index (κ1) is 18.5. The molecule has 2 amide bonds. The van der Waals surface area contributed by atoms with E-state index in [1.165, 1.54) is 25.3 Å². The summed E-state index contributed by atoms with van der Waals surface area (Å²) in [4.78, 5) is 24.1. The van der Waals surface area contributed by atoms with Crippen LogP contribution in [-0.4, -0.2) is 24.0 Å². The van der Waals surface area contributed by atoms with Crippen LogP contribution in [0.15, 0.2) is 48.0 Å². The summed E-state index contributed by atoms with van der Waals surface area (Å²) in [5.74, 6) is -0.573. The number of thiocarbonyl (C=S) groups is 1. The van der Waals surface area contributed by atoms with Gasteiger partial charge in [0.25, 0.3) is 11.8 Å². The first-order chi connectivity index (χ1) is 13.0. The monoisotopic (exact) mass is 386 g/mol. The van der Waals surface area contributed by atoms with E-state index >= 15 is 0 Å². The van der Waals surface area contributed by atoms with E-state index < -0.39 is 11.8 Å². The highest BCUT2D eigenvalue weighted by atomic mass is 32.1. The average molecular weight is 386 g/mol. The van der Waals surface area contributed by atoms with Crippen molar-refractivity contribution in [3.63, 3.8) is 0 Å². The molecule has 1 saturated heterocycles. The molecule has 0 saturated carbocycles. The second-order valence-corrected chi connectivity index (χ2v) is 6.02. The van der Waals surface area contributed by atoms with E-state index in [1.54, 1.807) is 30.3 Å². The third kappa shape index (κ3) is 4.48. The van der Waals surface area contributed by atoms with Crippen molar-refractivity contribution >= 4 is 35.2 Å². The Balaban J connectivity index is 1.89. The molecule has 2 N–H and O–H groups in total. The van der Waals surface area contributed by atoms with Crippen molar-refractivity contribution in [1.82, 2.24) is 10.6 Å². The Morgan fingerprint density at radius 3 is 2.37 bits per heavy atom. The van der Waals surface area contributed by atoms with E-state index in [1.807, 2.05) is 0 Å². The molecular weight excluding hydrogens is 371 g/mol. The summed E-state index contributed by atoms with van der Waals surface area (Å²) < 4.78 is 24.0. The van der Waals surface area contributed by atoms with E-state index in [0.29, 0.717) is 17.1 Å². The lowest BCUT2D eigenvalue weighted by Gasteiger charge is -2.17. The minimum absolute atomic E-state index is 0.0373. The molecule has 1 aliphatic heterocycles. The standard InChI is InChI=1S/C19H15FN2O4S/c1-25-14-7-4-12(8-15-17(23)21-19(27)22-18(15)24)16(9-14)26-10-11-2-5-13(20)6-3-11/h2-9H,10H2,1H3,(H2,21,22,23,24,27). The maximum absolute atomic E-state index is 13.0. The zero-order valence-corrected chi connectivity index (χ0v) is 15.1. The summed E-state index contributed by atoms with van der Waals surface area (Å²) >= 11 is 4.78. The van der Waals surface area contributed by atoms with E-state index in [-0.39, 0.29) is 23.1 Å². The lowest BCUT2D eigenvalue weighted by Crippen LogP contribution is -2.51. The first-order valence-electron chi connectivity index (χ1n) is 7.90. The lowest BCUT2D eigenvalue weighted by molar-refractivity contribution is -0.123. The minimum Gasteiger partial charge on any atom is -0.497 e. The zero-order valence-electron chi connectivity index (χ0n) is 14.2. The molecule has 0 bridgehead atoms. The van der Waals surface area contributed by atoms with Crippen molar-refractivity contribution in [1.29, 1.82) is 0 Å². The summed E-state index contributed by atoms with van der Waals surface area (Å²) in [7, 11) is 1.51. The van der Waals surface area contributed by atoms with Crippen LogP contribution in [0.5, 0.6) is 11.5 Å². The molecule has 27 heavy (non-hydrogen) atoms. The van der Waals surface area contributed by atoms with Gasteiger partial charge in [0.05, 0.1) is 7.11 Å². The van der Waals surface area contributed by atoms with Crippen molar-refractivity contribution in [2.45, 2.75) is 6.61 Å². The van der Waals surface area contributed by atoms with Crippen molar-refractivity contribution < 1.29 is 23.5 Å². The van der Waals surface area contributed by atoms with Crippen molar-refractivity contribution in [3.8, 4) is 11.5 Å². The van der Waals surface area contributed by atoms with Crippen LogP contribution >= 0.6 is 12.2 Å².